The summed E-state index contributed by atoms with van der Waals surface area (Å²) >= 11 is 1.64. The molecule has 0 aliphatic rings. The van der Waals surface area contributed by atoms with Gasteiger partial charge in [-0.25, -0.2) is 9.98 Å². The Bertz CT molecular complexity index is 533. The number of rotatable bonds is 6. The van der Waals surface area contributed by atoms with Gasteiger partial charge in [0, 0.05) is 24.4 Å². The smallest absolute Gasteiger partial charge is 0.191 e. The number of nitrogens with one attached hydrogen (secondary N) is 2. The van der Waals surface area contributed by atoms with E-state index >= 15 is 0 Å². The highest BCUT2D eigenvalue weighted by molar-refractivity contribution is 7.09. The largest absolute Gasteiger partial charge is 0.469 e. The van der Waals surface area contributed by atoms with E-state index in [1.54, 1.807) is 17.6 Å². The highest BCUT2D eigenvalue weighted by atomic mass is 32.1. The summed E-state index contributed by atoms with van der Waals surface area (Å²) in [5.74, 6) is 1.80. The standard InChI is InChI=1S/C14H20N4OS/c1-3-15-14(16-7-6-12-5-4-8-19-12)17-9-13-11(2)18-10-20-13/h4-5,8,10H,3,6-7,9H2,1-2H3,(H2,15,16,17). The summed E-state index contributed by atoms with van der Waals surface area (Å²) in [6.07, 6.45) is 2.54. The molecular formula is C14H20N4OS. The number of guanidine groups is 1. The third-order valence-corrected chi connectivity index (χ3v) is 3.73. The Balaban J connectivity index is 1.84. The number of aromatic nitrogens is 1. The van der Waals surface area contributed by atoms with Gasteiger partial charge in [0.2, 0.25) is 0 Å². The summed E-state index contributed by atoms with van der Waals surface area (Å²) in [6, 6.07) is 3.88. The number of hydrogen-bond donors (Lipinski definition) is 2. The molecule has 0 amide bonds. The van der Waals surface area contributed by atoms with E-state index in [0.29, 0.717) is 6.54 Å². The maximum Gasteiger partial charge on any atom is 0.191 e. The third-order valence-electron chi connectivity index (χ3n) is 2.81. The number of thiazole rings is 1. The summed E-state index contributed by atoms with van der Waals surface area (Å²) in [5.41, 5.74) is 2.92. The average Bonchev–Trinajstić information content (AvgIpc) is 3.08. The van der Waals surface area contributed by atoms with Gasteiger partial charge in [-0.2, -0.15) is 0 Å². The van der Waals surface area contributed by atoms with Crippen LogP contribution < -0.4 is 10.6 Å². The Morgan fingerprint density at radius 2 is 2.35 bits per heavy atom. The minimum Gasteiger partial charge on any atom is -0.469 e. The summed E-state index contributed by atoms with van der Waals surface area (Å²) in [6.45, 7) is 6.36. The monoisotopic (exact) mass is 292 g/mol. The lowest BCUT2D eigenvalue weighted by molar-refractivity contribution is 0.507. The van der Waals surface area contributed by atoms with Crippen LogP contribution in [0.1, 0.15) is 23.3 Å². The quantitative estimate of drug-likeness (QED) is 0.634. The highest BCUT2D eigenvalue weighted by Crippen LogP contribution is 2.12. The molecule has 2 N–H and O–H groups in total. The molecule has 2 aromatic heterocycles. The molecule has 6 heteroatoms. The SMILES string of the molecule is CCNC(=NCc1scnc1C)NCCc1ccco1. The summed E-state index contributed by atoms with van der Waals surface area (Å²) in [5, 5.41) is 6.54. The van der Waals surface area contributed by atoms with Crippen molar-refractivity contribution in [3.8, 4) is 0 Å². The minimum atomic E-state index is 0.659. The molecule has 2 heterocycles. The lowest BCUT2D eigenvalue weighted by Gasteiger charge is -2.10. The molecule has 2 rings (SSSR count). The fraction of sp³-hybridized carbons (Fsp3) is 0.429. The molecule has 0 aromatic carbocycles. The first-order valence-corrected chi connectivity index (χ1v) is 7.61. The zero-order valence-electron chi connectivity index (χ0n) is 11.8. The van der Waals surface area contributed by atoms with Crippen LogP contribution in [-0.4, -0.2) is 24.0 Å². The van der Waals surface area contributed by atoms with Crippen LogP contribution in [0.3, 0.4) is 0 Å². The van der Waals surface area contributed by atoms with Gasteiger partial charge in [-0.1, -0.05) is 0 Å². The van der Waals surface area contributed by atoms with Gasteiger partial charge in [0.05, 0.1) is 24.0 Å². The molecule has 0 bridgehead atoms. The van der Waals surface area contributed by atoms with Crippen LogP contribution in [0.2, 0.25) is 0 Å². The van der Waals surface area contributed by atoms with Gasteiger partial charge in [0.15, 0.2) is 5.96 Å². The van der Waals surface area contributed by atoms with Crippen LogP contribution in [0, 0.1) is 6.92 Å². The molecule has 0 unspecified atom stereocenters. The summed E-state index contributed by atoms with van der Waals surface area (Å²) in [7, 11) is 0. The van der Waals surface area contributed by atoms with E-state index in [1.807, 2.05) is 24.6 Å². The molecule has 0 fully saturated rings. The number of nitrogens with zero attached hydrogens (tertiary/aromatic N) is 2. The normalized spacial score (nSPS) is 11.6. The fourth-order valence-electron chi connectivity index (χ4n) is 1.73. The van der Waals surface area contributed by atoms with Crippen molar-refractivity contribution in [3.05, 3.63) is 40.2 Å². The molecule has 0 aliphatic carbocycles. The van der Waals surface area contributed by atoms with Crippen LogP contribution in [-0.2, 0) is 13.0 Å². The first kappa shape index (κ1) is 14.6. The average molecular weight is 292 g/mol. The molecule has 0 aliphatic heterocycles. The predicted octanol–water partition coefficient (Wildman–Crippen LogP) is 2.34. The van der Waals surface area contributed by atoms with Gasteiger partial charge in [0.25, 0.3) is 0 Å². The van der Waals surface area contributed by atoms with Gasteiger partial charge < -0.3 is 15.1 Å². The minimum absolute atomic E-state index is 0.659. The zero-order valence-corrected chi connectivity index (χ0v) is 12.7. The van der Waals surface area contributed by atoms with Crippen molar-refractivity contribution in [1.29, 1.82) is 0 Å². The van der Waals surface area contributed by atoms with E-state index < -0.39 is 0 Å². The van der Waals surface area contributed by atoms with Crippen molar-refractivity contribution in [2.75, 3.05) is 13.1 Å². The van der Waals surface area contributed by atoms with Gasteiger partial charge in [-0.15, -0.1) is 11.3 Å². The Hall–Kier alpha value is -1.82. The summed E-state index contributed by atoms with van der Waals surface area (Å²) in [4.78, 5) is 10.0. The lowest BCUT2D eigenvalue weighted by Crippen LogP contribution is -2.38. The lowest BCUT2D eigenvalue weighted by atomic mass is 10.3. The zero-order chi connectivity index (χ0) is 14.2. The second-order valence-electron chi connectivity index (χ2n) is 4.31. The van der Waals surface area contributed by atoms with Gasteiger partial charge in [-0.3, -0.25) is 0 Å². The van der Waals surface area contributed by atoms with Gasteiger partial charge in [0.1, 0.15) is 5.76 Å². The first-order valence-electron chi connectivity index (χ1n) is 6.73. The summed E-state index contributed by atoms with van der Waals surface area (Å²) < 4.78 is 5.30. The number of furan rings is 1. The van der Waals surface area contributed by atoms with Crippen LogP contribution in [0.5, 0.6) is 0 Å². The third kappa shape index (κ3) is 4.38. The van der Waals surface area contributed by atoms with Crippen molar-refractivity contribution >= 4 is 17.3 Å². The van der Waals surface area contributed by atoms with Gasteiger partial charge in [-0.05, 0) is 26.0 Å². The van der Waals surface area contributed by atoms with Crippen LogP contribution in [0.25, 0.3) is 0 Å². The first-order chi connectivity index (χ1) is 9.79. The second kappa shape index (κ2) is 7.69. The molecule has 20 heavy (non-hydrogen) atoms. The Morgan fingerprint density at radius 1 is 1.45 bits per heavy atom. The maximum absolute atomic E-state index is 5.30. The number of hydrogen-bond acceptors (Lipinski definition) is 4. The maximum atomic E-state index is 5.30. The number of aryl methyl sites for hydroxylation is 1. The molecule has 108 valence electrons. The van der Waals surface area contributed by atoms with Crippen LogP contribution in [0.4, 0.5) is 0 Å². The van der Waals surface area contributed by atoms with E-state index in [4.69, 9.17) is 4.42 Å². The van der Waals surface area contributed by atoms with Crippen molar-refractivity contribution in [1.82, 2.24) is 15.6 Å². The molecule has 2 aromatic rings. The number of aliphatic imine (C=N–C) groups is 1. The molecule has 0 saturated carbocycles. The molecule has 0 atom stereocenters. The molecule has 0 saturated heterocycles. The fourth-order valence-corrected chi connectivity index (χ4v) is 2.43. The van der Waals surface area contributed by atoms with E-state index in [0.717, 1.165) is 36.9 Å². The molecule has 0 spiro atoms. The molecular weight excluding hydrogens is 272 g/mol. The molecule has 5 nitrogen and oxygen atoms in total. The Labute approximate surface area is 123 Å². The van der Waals surface area contributed by atoms with Crippen molar-refractivity contribution < 1.29 is 4.42 Å². The Kier molecular flexibility index (Phi) is 5.61. The van der Waals surface area contributed by atoms with Crippen LogP contribution >= 0.6 is 11.3 Å². The molecule has 0 radical (unpaired) electrons. The highest BCUT2D eigenvalue weighted by Gasteiger charge is 2.02. The van der Waals surface area contributed by atoms with E-state index in [9.17, 15) is 0 Å². The van der Waals surface area contributed by atoms with Crippen molar-refractivity contribution in [3.63, 3.8) is 0 Å². The Morgan fingerprint density at radius 3 is 3.00 bits per heavy atom. The van der Waals surface area contributed by atoms with Crippen molar-refractivity contribution in [2.45, 2.75) is 26.8 Å². The predicted molar refractivity (Wildman–Crippen MR) is 82.1 cm³/mol. The second-order valence-corrected chi connectivity index (χ2v) is 5.25. The van der Waals surface area contributed by atoms with Crippen molar-refractivity contribution in [2.24, 2.45) is 4.99 Å². The van der Waals surface area contributed by atoms with E-state index in [2.05, 4.69) is 27.5 Å². The topological polar surface area (TPSA) is 62.5 Å². The van der Waals surface area contributed by atoms with E-state index in [1.165, 1.54) is 4.88 Å². The van der Waals surface area contributed by atoms with Gasteiger partial charge >= 0.3 is 0 Å². The van der Waals surface area contributed by atoms with Crippen LogP contribution in [0.15, 0.2) is 33.3 Å². The van der Waals surface area contributed by atoms with E-state index in [-0.39, 0.29) is 0 Å².